The van der Waals surface area contributed by atoms with E-state index >= 15 is 0 Å². The van der Waals surface area contributed by atoms with Crippen LogP contribution in [0.25, 0.3) is 0 Å². The highest BCUT2D eigenvalue weighted by Crippen LogP contribution is 2.17. The number of H-pyrrole nitrogens is 1. The Kier molecular flexibility index (Phi) is 3.57. The van der Waals surface area contributed by atoms with Crippen LogP contribution in [-0.4, -0.2) is 41.7 Å². The number of rotatable bonds is 3. The molecule has 0 saturated carbocycles. The van der Waals surface area contributed by atoms with Crippen molar-refractivity contribution < 1.29 is 4.79 Å². The van der Waals surface area contributed by atoms with Gasteiger partial charge in [-0.3, -0.25) is 9.89 Å². The number of pyridine rings is 1. The lowest BCUT2D eigenvalue weighted by atomic mass is 10.1. The molecule has 0 atom stereocenters. The van der Waals surface area contributed by atoms with Crippen molar-refractivity contribution in [1.82, 2.24) is 20.5 Å². The first kappa shape index (κ1) is 13.6. The van der Waals surface area contributed by atoms with Crippen molar-refractivity contribution in [2.75, 3.05) is 30.9 Å². The van der Waals surface area contributed by atoms with E-state index in [1.165, 1.54) is 0 Å². The zero-order chi connectivity index (χ0) is 14.8. The van der Waals surface area contributed by atoms with Gasteiger partial charge in [-0.2, -0.15) is 5.10 Å². The predicted octanol–water partition coefficient (Wildman–Crippen LogP) is 0.769. The van der Waals surface area contributed by atoms with Gasteiger partial charge >= 0.3 is 0 Å². The summed E-state index contributed by atoms with van der Waals surface area (Å²) in [5.74, 6) is 0.285. The number of carbonyl (C=O) groups excluding carboxylic acids is 1. The molecule has 1 amide bonds. The second kappa shape index (κ2) is 5.53. The first-order valence-electron chi connectivity index (χ1n) is 6.86. The summed E-state index contributed by atoms with van der Waals surface area (Å²) < 4.78 is 0. The van der Waals surface area contributed by atoms with Crippen LogP contribution in [-0.2, 0) is 13.0 Å². The molecule has 0 radical (unpaired) electrons. The number of nitrogens with zero attached hydrogens (tertiary/aromatic N) is 3. The summed E-state index contributed by atoms with van der Waals surface area (Å²) in [6, 6.07) is 3.69. The number of anilines is 2. The molecule has 1 aliphatic rings. The molecule has 3 heterocycles. The lowest BCUT2D eigenvalue weighted by Crippen LogP contribution is -2.25. The highest BCUT2D eigenvalue weighted by Gasteiger charge is 2.21. The average Bonchev–Trinajstić information content (AvgIpc) is 2.92. The first-order valence-corrected chi connectivity index (χ1v) is 6.86. The smallest absolute Gasteiger partial charge is 0.277 e. The lowest BCUT2D eigenvalue weighted by molar-refractivity contribution is 0.102. The van der Waals surface area contributed by atoms with Crippen molar-refractivity contribution >= 4 is 17.4 Å². The second-order valence-corrected chi connectivity index (χ2v) is 5.21. The van der Waals surface area contributed by atoms with Crippen molar-refractivity contribution in [2.45, 2.75) is 13.0 Å². The minimum Gasteiger partial charge on any atom is -0.376 e. The summed E-state index contributed by atoms with van der Waals surface area (Å²) in [4.78, 5) is 18.5. The Morgan fingerprint density at radius 3 is 2.95 bits per heavy atom. The number of hydrogen-bond donors (Lipinski definition) is 3. The first-order chi connectivity index (χ1) is 10.1. The maximum Gasteiger partial charge on any atom is 0.277 e. The Morgan fingerprint density at radius 2 is 2.24 bits per heavy atom. The van der Waals surface area contributed by atoms with Crippen LogP contribution in [0.15, 0.2) is 18.3 Å². The van der Waals surface area contributed by atoms with Gasteiger partial charge in [0.15, 0.2) is 5.69 Å². The summed E-state index contributed by atoms with van der Waals surface area (Å²) >= 11 is 0. The molecule has 2 aromatic rings. The van der Waals surface area contributed by atoms with Crippen molar-refractivity contribution in [3.05, 3.63) is 35.3 Å². The van der Waals surface area contributed by atoms with E-state index in [0.717, 1.165) is 29.9 Å². The average molecular weight is 286 g/mol. The zero-order valence-corrected chi connectivity index (χ0v) is 12.1. The molecule has 3 N–H and O–H groups in total. The molecule has 2 aromatic heterocycles. The fourth-order valence-electron chi connectivity index (χ4n) is 2.31. The van der Waals surface area contributed by atoms with Crippen LogP contribution in [0, 0.1) is 0 Å². The molecule has 0 aromatic carbocycles. The summed E-state index contributed by atoms with van der Waals surface area (Å²) in [6.07, 6.45) is 2.59. The van der Waals surface area contributed by atoms with Crippen molar-refractivity contribution in [1.29, 1.82) is 0 Å². The molecule has 7 heteroatoms. The maximum absolute atomic E-state index is 12.3. The van der Waals surface area contributed by atoms with Crippen molar-refractivity contribution in [3.8, 4) is 0 Å². The predicted molar refractivity (Wildman–Crippen MR) is 80.5 cm³/mol. The lowest BCUT2D eigenvalue weighted by Gasteiger charge is -2.13. The van der Waals surface area contributed by atoms with Crippen molar-refractivity contribution in [3.63, 3.8) is 0 Å². The fourth-order valence-corrected chi connectivity index (χ4v) is 2.31. The van der Waals surface area contributed by atoms with Gasteiger partial charge in [-0.05, 0) is 12.1 Å². The summed E-state index contributed by atoms with van der Waals surface area (Å²) in [5.41, 5.74) is 3.41. The van der Waals surface area contributed by atoms with Crippen LogP contribution in [0.4, 0.5) is 11.5 Å². The molecule has 0 bridgehead atoms. The maximum atomic E-state index is 12.3. The summed E-state index contributed by atoms with van der Waals surface area (Å²) in [5, 5.41) is 13.1. The Balaban J connectivity index is 1.75. The molecule has 0 unspecified atom stereocenters. The molecular formula is C14H18N6O. The van der Waals surface area contributed by atoms with Gasteiger partial charge in [-0.25, -0.2) is 4.98 Å². The Morgan fingerprint density at radius 1 is 1.38 bits per heavy atom. The van der Waals surface area contributed by atoms with E-state index in [1.54, 1.807) is 12.3 Å². The number of hydrogen-bond acceptors (Lipinski definition) is 5. The van der Waals surface area contributed by atoms with E-state index in [4.69, 9.17) is 0 Å². The summed E-state index contributed by atoms with van der Waals surface area (Å²) in [7, 11) is 3.89. The zero-order valence-electron chi connectivity index (χ0n) is 12.1. The number of fused-ring (bicyclic) bond motifs is 1. The van der Waals surface area contributed by atoms with Crippen LogP contribution < -0.4 is 15.5 Å². The Labute approximate surface area is 122 Å². The minimum absolute atomic E-state index is 0.235. The van der Waals surface area contributed by atoms with Gasteiger partial charge in [0.25, 0.3) is 5.91 Å². The molecule has 0 aliphatic carbocycles. The minimum atomic E-state index is -0.235. The van der Waals surface area contributed by atoms with E-state index in [2.05, 4.69) is 25.8 Å². The number of amides is 1. The quantitative estimate of drug-likeness (QED) is 0.776. The molecule has 0 spiro atoms. The standard InChI is InChI=1S/C14H18N6O/c1-20(2)9-3-4-12(16-7-9)17-14(21)13-10-8-15-6-5-11(10)18-19-13/h3-4,7,15H,5-6,8H2,1-2H3,(H,18,19)(H,16,17,21). The van der Waals surface area contributed by atoms with Gasteiger partial charge < -0.3 is 15.5 Å². The molecule has 7 nitrogen and oxygen atoms in total. The number of nitrogens with one attached hydrogen (secondary N) is 3. The normalized spacial score (nSPS) is 13.6. The Bertz CT molecular complexity index is 646. The SMILES string of the molecule is CN(C)c1ccc(NC(=O)c2n[nH]c3c2CNCC3)nc1. The number of carbonyl (C=O) groups is 1. The van der Waals surface area contributed by atoms with Gasteiger partial charge in [-0.1, -0.05) is 0 Å². The van der Waals surface area contributed by atoms with E-state index in [1.807, 2.05) is 25.1 Å². The van der Waals surface area contributed by atoms with Gasteiger partial charge in [0, 0.05) is 44.9 Å². The van der Waals surface area contributed by atoms with Gasteiger partial charge in [0.2, 0.25) is 0 Å². The largest absolute Gasteiger partial charge is 0.376 e. The van der Waals surface area contributed by atoms with E-state index in [-0.39, 0.29) is 5.91 Å². The van der Waals surface area contributed by atoms with Gasteiger partial charge in [0.05, 0.1) is 11.9 Å². The van der Waals surface area contributed by atoms with Crippen molar-refractivity contribution in [2.24, 2.45) is 0 Å². The van der Waals surface area contributed by atoms with Gasteiger partial charge in [-0.15, -0.1) is 0 Å². The van der Waals surface area contributed by atoms with Crippen LogP contribution in [0.3, 0.4) is 0 Å². The number of aromatic nitrogens is 3. The molecule has 110 valence electrons. The second-order valence-electron chi connectivity index (χ2n) is 5.21. The molecule has 0 saturated heterocycles. The summed E-state index contributed by atoms with van der Waals surface area (Å²) in [6.45, 7) is 1.57. The third-order valence-electron chi connectivity index (χ3n) is 3.53. The highest BCUT2D eigenvalue weighted by atomic mass is 16.2. The molecule has 21 heavy (non-hydrogen) atoms. The van der Waals surface area contributed by atoms with Gasteiger partial charge in [0.1, 0.15) is 5.82 Å². The van der Waals surface area contributed by atoms with Crippen LogP contribution >= 0.6 is 0 Å². The fraction of sp³-hybridized carbons (Fsp3) is 0.357. The monoisotopic (exact) mass is 286 g/mol. The third kappa shape index (κ3) is 2.73. The highest BCUT2D eigenvalue weighted by molar-refractivity contribution is 6.03. The molecule has 1 aliphatic heterocycles. The van der Waals surface area contributed by atoms with Crippen LogP contribution in [0.2, 0.25) is 0 Å². The molecular weight excluding hydrogens is 268 g/mol. The molecule has 0 fully saturated rings. The number of aromatic amines is 1. The molecule has 3 rings (SSSR count). The van der Waals surface area contributed by atoms with Crippen LogP contribution in [0.1, 0.15) is 21.7 Å². The van der Waals surface area contributed by atoms with E-state index in [9.17, 15) is 4.79 Å². The van der Waals surface area contributed by atoms with E-state index in [0.29, 0.717) is 18.1 Å². The Hall–Kier alpha value is -2.41. The topological polar surface area (TPSA) is 85.9 Å². The van der Waals surface area contributed by atoms with E-state index < -0.39 is 0 Å². The third-order valence-corrected chi connectivity index (χ3v) is 3.53. The van der Waals surface area contributed by atoms with Crippen LogP contribution in [0.5, 0.6) is 0 Å².